The van der Waals surface area contributed by atoms with Gasteiger partial charge in [0.25, 0.3) is 17.7 Å². The maximum atomic E-state index is 14.3. The first-order valence-corrected chi connectivity index (χ1v) is 28.0. The van der Waals surface area contributed by atoms with Gasteiger partial charge in [0.05, 0.1) is 75.4 Å². The van der Waals surface area contributed by atoms with Crippen molar-refractivity contribution in [1.29, 1.82) is 0 Å². The molecule has 1 aromatic rings. The van der Waals surface area contributed by atoms with Crippen LogP contribution in [0.5, 0.6) is 0 Å². The number of aliphatic hydroxyl groups is 2. The predicted molar refractivity (Wildman–Crippen MR) is 304 cm³/mol. The molecule has 2 atom stereocenters. The number of carbonyl (C=O) groups is 9. The van der Waals surface area contributed by atoms with E-state index in [-0.39, 0.29) is 244 Å². The van der Waals surface area contributed by atoms with Crippen molar-refractivity contribution in [2.75, 3.05) is 196 Å². The SMILES string of the molecule is COCC(=O)N(C)c1c(I)c(C(=O)NCC(O)CN2CCN(CC(=O)O)CCN(CC(=O)O)CCN(CC(=O)O)CC2)c(I)c(C(=O)NCC(O)CN2CCN(CC(=O)O)CCN(CC(=O)O)CCN(CC(=O)O)CC2)c1I.[Gd+3]. The quantitative estimate of drug-likeness (QED) is 0.0420. The van der Waals surface area contributed by atoms with Crippen LogP contribution in [-0.2, 0) is 38.3 Å². The van der Waals surface area contributed by atoms with Crippen molar-refractivity contribution in [2.24, 2.45) is 0 Å². The van der Waals surface area contributed by atoms with Gasteiger partial charge in [-0.1, -0.05) is 0 Å². The summed E-state index contributed by atoms with van der Waals surface area (Å²) in [6.07, 6.45) is -2.46. The molecule has 0 saturated carbocycles. The Balaban J connectivity index is 0.0000213. The molecule has 2 saturated heterocycles. The molecule has 0 aliphatic carbocycles. The molecular formula is C46H72GdI3N11O18+3. The number of benzene rings is 1. The number of methoxy groups -OCH3 is 1. The summed E-state index contributed by atoms with van der Waals surface area (Å²) >= 11 is 5.64. The smallest absolute Gasteiger partial charge is 0.480 e. The maximum Gasteiger partial charge on any atom is 3.00 e. The van der Waals surface area contributed by atoms with Crippen molar-refractivity contribution in [1.82, 2.24) is 49.8 Å². The summed E-state index contributed by atoms with van der Waals surface area (Å²) in [7, 11) is 2.77. The summed E-state index contributed by atoms with van der Waals surface area (Å²) in [5.74, 6) is -8.53. The fraction of sp³-hybridized carbons (Fsp3) is 0.674. The third kappa shape index (κ3) is 27.2. The molecule has 0 aromatic heterocycles. The largest absolute Gasteiger partial charge is 3.00 e. The second kappa shape index (κ2) is 37.7. The number of aliphatic hydroxyl groups excluding tert-OH is 2. The number of anilines is 1. The topological polar surface area (TPSA) is 378 Å². The number of rotatable bonds is 25. The Labute approximate surface area is 530 Å². The normalized spacial score (nSPS) is 18.0. The van der Waals surface area contributed by atoms with Crippen LogP contribution in [0, 0.1) is 50.7 Å². The van der Waals surface area contributed by atoms with E-state index in [1.54, 1.807) is 39.2 Å². The molecule has 445 valence electrons. The number of carbonyl (C=O) groups excluding carboxylic acids is 3. The van der Waals surface area contributed by atoms with Crippen molar-refractivity contribution >= 4 is 127 Å². The Morgan fingerprint density at radius 3 is 0.899 bits per heavy atom. The van der Waals surface area contributed by atoms with E-state index in [4.69, 9.17) is 4.74 Å². The van der Waals surface area contributed by atoms with Crippen molar-refractivity contribution < 1.29 is 129 Å². The molecule has 3 amide bonds. The molecule has 3 rings (SSSR count). The van der Waals surface area contributed by atoms with Crippen LogP contribution in [0.25, 0.3) is 0 Å². The van der Waals surface area contributed by atoms with Crippen molar-refractivity contribution in [3.05, 3.63) is 21.8 Å². The zero-order chi connectivity index (χ0) is 58.2. The molecule has 1 aromatic carbocycles. The molecule has 10 N–H and O–H groups in total. The predicted octanol–water partition coefficient (Wildman–Crippen LogP) is -3.76. The molecule has 33 heteroatoms. The van der Waals surface area contributed by atoms with Gasteiger partial charge < -0.3 is 61.1 Å². The van der Waals surface area contributed by atoms with Crippen LogP contribution in [0.4, 0.5) is 5.69 Å². The second-order valence-corrected chi connectivity index (χ2v) is 22.0. The number of aliphatic carboxylic acids is 6. The van der Waals surface area contributed by atoms with E-state index in [1.807, 2.05) is 67.8 Å². The molecule has 2 aliphatic rings. The van der Waals surface area contributed by atoms with Crippen LogP contribution >= 0.6 is 67.8 Å². The third-order valence-corrected chi connectivity index (χ3v) is 15.9. The Kier molecular flexibility index (Phi) is 34.6. The van der Waals surface area contributed by atoms with Gasteiger partial charge in [-0.25, -0.2) is 0 Å². The standard InChI is InChI=1S/C46H72I3N11O18.Gd/c1-52(32(63)29-78-2)44-42(48)39(45(76)50-19-30(61)21-53-3-7-55(23-33(64)65)11-15-59(27-37(72)73)16-12-56(8-4-53)24-34(66)67)41(47)40(43(44)49)46(77)51-20-31(62)22-54-5-9-57(25-35(68)69)13-17-60(28-38(74)75)18-14-58(10-6-54)26-36(70)71;/h30-31,61-62H,3-29H2,1-2H3,(H,50,76)(H,51,77)(H,64,65)(H,66,67)(H,68,69)(H,70,71)(H,72,73)(H,74,75);/q;+3. The van der Waals surface area contributed by atoms with E-state index in [2.05, 4.69) is 10.6 Å². The van der Waals surface area contributed by atoms with E-state index in [0.717, 1.165) is 0 Å². The number of hydrogen-bond donors (Lipinski definition) is 10. The van der Waals surface area contributed by atoms with Crippen LogP contribution in [-0.4, -0.2) is 337 Å². The van der Waals surface area contributed by atoms with Gasteiger partial charge >= 0.3 is 75.8 Å². The molecule has 1 radical (unpaired) electrons. The maximum absolute atomic E-state index is 14.3. The first-order chi connectivity index (χ1) is 36.8. The minimum atomic E-state index is -1.23. The van der Waals surface area contributed by atoms with Gasteiger partial charge in [0.1, 0.15) is 6.61 Å². The van der Waals surface area contributed by atoms with Gasteiger partial charge in [-0.05, 0) is 67.8 Å². The summed E-state index contributed by atoms with van der Waals surface area (Å²) in [5, 5.41) is 85.7. The summed E-state index contributed by atoms with van der Waals surface area (Å²) in [6.45, 7) is 0.127. The van der Waals surface area contributed by atoms with Gasteiger partial charge in [0.15, 0.2) is 0 Å². The van der Waals surface area contributed by atoms with Crippen molar-refractivity contribution in [3.63, 3.8) is 0 Å². The van der Waals surface area contributed by atoms with Crippen molar-refractivity contribution in [3.8, 4) is 0 Å². The number of carboxylic acids is 6. The number of nitrogens with zero attached hydrogens (tertiary/aromatic N) is 9. The van der Waals surface area contributed by atoms with Gasteiger partial charge in [-0.2, -0.15) is 0 Å². The second-order valence-electron chi connectivity index (χ2n) is 18.8. The molecule has 2 fully saturated rings. The fourth-order valence-corrected chi connectivity index (χ4v) is 13.5. The molecule has 79 heavy (non-hydrogen) atoms. The minimum absolute atomic E-state index is 0. The number of nitrogens with one attached hydrogen (secondary N) is 2. The van der Waals surface area contributed by atoms with Gasteiger partial charge in [-0.3, -0.25) is 82.4 Å². The molecule has 2 unspecified atom stereocenters. The van der Waals surface area contributed by atoms with E-state index in [0.29, 0.717) is 0 Å². The summed E-state index contributed by atoms with van der Waals surface area (Å²) in [6, 6.07) is 0. The summed E-state index contributed by atoms with van der Waals surface area (Å²) < 4.78 is 5.80. The molecule has 0 bridgehead atoms. The number of amides is 3. The average molecular weight is 1610 g/mol. The van der Waals surface area contributed by atoms with Crippen molar-refractivity contribution in [2.45, 2.75) is 12.2 Å². The molecular weight excluding hydrogens is 1530 g/mol. The number of hydrogen-bond acceptors (Lipinski definition) is 20. The first kappa shape index (κ1) is 72.6. The van der Waals surface area contributed by atoms with E-state index >= 15 is 0 Å². The van der Waals surface area contributed by atoms with Gasteiger partial charge in [-0.15, -0.1) is 0 Å². The number of β-amino-alcohol motifs (C(OH)–C–C–N with tert-alkyl or cyclic N) is 2. The number of carboxylic acid groups (broad SMARTS) is 6. The Morgan fingerprint density at radius 1 is 0.456 bits per heavy atom. The van der Waals surface area contributed by atoms with Crippen LogP contribution in [0.2, 0.25) is 0 Å². The van der Waals surface area contributed by atoms with Crippen LogP contribution in [0.1, 0.15) is 20.7 Å². The Bertz CT molecular complexity index is 2050. The number of halogens is 3. The summed E-state index contributed by atoms with van der Waals surface area (Å²) in [5.41, 5.74) is 0.168. The number of likely N-dealkylation sites (N-methyl/N-ethyl adjacent to an activating group) is 1. The number of ether oxygens (including phenoxy) is 1. The van der Waals surface area contributed by atoms with Gasteiger partial charge in [0, 0.05) is 149 Å². The van der Waals surface area contributed by atoms with E-state index < -0.39 is 65.7 Å². The van der Waals surface area contributed by atoms with E-state index in [1.165, 1.54) is 19.1 Å². The molecule has 2 aliphatic heterocycles. The molecule has 0 spiro atoms. The first-order valence-electron chi connectivity index (χ1n) is 24.8. The van der Waals surface area contributed by atoms with Crippen LogP contribution in [0.3, 0.4) is 0 Å². The monoisotopic (exact) mass is 1610 g/mol. The zero-order valence-electron chi connectivity index (χ0n) is 43.9. The van der Waals surface area contributed by atoms with Gasteiger partial charge in [0.2, 0.25) is 0 Å². The van der Waals surface area contributed by atoms with Crippen LogP contribution in [0.15, 0.2) is 0 Å². The zero-order valence-corrected chi connectivity index (χ0v) is 52.7. The van der Waals surface area contributed by atoms with E-state index in [9.17, 15) is 84.0 Å². The minimum Gasteiger partial charge on any atom is -0.480 e. The van der Waals surface area contributed by atoms with Crippen LogP contribution < -0.4 is 15.5 Å². The molecule has 29 nitrogen and oxygen atoms in total. The average Bonchev–Trinajstić information content (AvgIpc) is 3.33. The fourth-order valence-electron chi connectivity index (χ4n) is 8.63. The summed E-state index contributed by atoms with van der Waals surface area (Å²) in [4.78, 5) is 127. The third-order valence-electron chi connectivity index (χ3n) is 12.7. The molecule has 2 heterocycles. The Morgan fingerprint density at radius 2 is 0.684 bits per heavy atom. The Hall–Kier alpha value is -2.48.